The van der Waals surface area contributed by atoms with Gasteiger partial charge in [0.15, 0.2) is 10.7 Å². The molecule has 1 aliphatic rings. The topological polar surface area (TPSA) is 74.2 Å². The van der Waals surface area contributed by atoms with Gasteiger partial charge in [0.1, 0.15) is 5.38 Å². The summed E-state index contributed by atoms with van der Waals surface area (Å²) >= 11 is 12.7. The average Bonchev–Trinajstić information content (AvgIpc) is 2.70. The highest BCUT2D eigenvalue weighted by Gasteiger charge is 2.68. The Balaban J connectivity index is 3.11. The first-order valence-corrected chi connectivity index (χ1v) is 7.86. The highest BCUT2D eigenvalue weighted by atomic mass is 35.5. The molecule has 0 spiro atoms. The van der Waals surface area contributed by atoms with Crippen LogP contribution in [0.1, 0.15) is 19.3 Å². The summed E-state index contributed by atoms with van der Waals surface area (Å²) in [7, 11) is 4.06. The van der Waals surface area contributed by atoms with Crippen LogP contribution in [0, 0.1) is 0 Å². The number of ether oxygens (including phenoxy) is 3. The molecule has 1 fully saturated rings. The van der Waals surface area contributed by atoms with E-state index < -0.39 is 21.8 Å². The molecule has 1 unspecified atom stereocenters. The van der Waals surface area contributed by atoms with E-state index in [1.54, 1.807) is 0 Å². The van der Waals surface area contributed by atoms with Crippen LogP contribution in [0.5, 0.6) is 0 Å². The molecule has 0 aromatic rings. The number of rotatable bonds is 8. The molecule has 0 radical (unpaired) electrons. The van der Waals surface area contributed by atoms with Gasteiger partial charge in [-0.3, -0.25) is 14.6 Å². The number of esters is 1. The Kier molecular flexibility index (Phi) is 7.20. The molecule has 1 rings (SSSR count). The predicted molar refractivity (Wildman–Crippen MR) is 88.3 cm³/mol. The molecule has 6 nitrogen and oxygen atoms in total. The van der Waals surface area contributed by atoms with Crippen molar-refractivity contribution in [2.24, 2.45) is 4.99 Å². The van der Waals surface area contributed by atoms with Crippen molar-refractivity contribution in [1.82, 2.24) is 0 Å². The van der Waals surface area contributed by atoms with Gasteiger partial charge in [0.05, 0.1) is 12.8 Å². The van der Waals surface area contributed by atoms with Crippen LogP contribution in [0.25, 0.3) is 0 Å². The summed E-state index contributed by atoms with van der Waals surface area (Å²) in [4.78, 5) is 26.4. The Morgan fingerprint density at radius 2 is 2.00 bits per heavy atom. The van der Waals surface area contributed by atoms with E-state index in [9.17, 15) is 9.59 Å². The number of halogens is 2. The SMILES string of the molecule is C=CC[C@]1(Cl)C(=O)C(Cl)C(=NCCCC(=O)OC)C1(OC)OC. The number of hydrogen-bond acceptors (Lipinski definition) is 6. The van der Waals surface area contributed by atoms with E-state index in [0.29, 0.717) is 6.42 Å². The molecule has 0 saturated heterocycles. The Morgan fingerprint density at radius 1 is 1.39 bits per heavy atom. The zero-order valence-electron chi connectivity index (χ0n) is 13.4. The van der Waals surface area contributed by atoms with Gasteiger partial charge in [0.2, 0.25) is 5.79 Å². The Morgan fingerprint density at radius 3 is 2.48 bits per heavy atom. The van der Waals surface area contributed by atoms with Crippen LogP contribution >= 0.6 is 23.2 Å². The summed E-state index contributed by atoms with van der Waals surface area (Å²) in [6.07, 6.45) is 2.26. The van der Waals surface area contributed by atoms with E-state index in [1.165, 1.54) is 27.4 Å². The van der Waals surface area contributed by atoms with Crippen molar-refractivity contribution in [3.8, 4) is 0 Å². The number of methoxy groups -OCH3 is 3. The predicted octanol–water partition coefficient (Wildman–Crippen LogP) is 2.11. The maximum Gasteiger partial charge on any atom is 0.305 e. The van der Waals surface area contributed by atoms with Crippen molar-refractivity contribution >= 4 is 40.7 Å². The van der Waals surface area contributed by atoms with Gasteiger partial charge in [-0.25, -0.2) is 0 Å². The molecule has 0 aliphatic heterocycles. The minimum absolute atomic E-state index is 0.111. The third-order valence-corrected chi connectivity index (χ3v) is 4.76. The van der Waals surface area contributed by atoms with Gasteiger partial charge >= 0.3 is 5.97 Å². The lowest BCUT2D eigenvalue weighted by Crippen LogP contribution is -2.55. The Labute approximate surface area is 145 Å². The van der Waals surface area contributed by atoms with Crippen LogP contribution < -0.4 is 0 Å². The van der Waals surface area contributed by atoms with Crippen LogP contribution in [0.2, 0.25) is 0 Å². The summed E-state index contributed by atoms with van der Waals surface area (Å²) in [6.45, 7) is 3.87. The largest absolute Gasteiger partial charge is 0.469 e. The monoisotopic (exact) mass is 365 g/mol. The van der Waals surface area contributed by atoms with Crippen LogP contribution in [0.3, 0.4) is 0 Å². The molecular formula is C15H21Cl2NO5. The van der Waals surface area contributed by atoms with Gasteiger partial charge in [-0.05, 0) is 12.8 Å². The van der Waals surface area contributed by atoms with Crippen molar-refractivity contribution < 1.29 is 23.8 Å². The normalized spacial score (nSPS) is 28.1. The van der Waals surface area contributed by atoms with Crippen molar-refractivity contribution in [2.45, 2.75) is 35.3 Å². The second-order valence-corrected chi connectivity index (χ2v) is 6.07. The van der Waals surface area contributed by atoms with Crippen molar-refractivity contribution in [2.75, 3.05) is 27.9 Å². The lowest BCUT2D eigenvalue weighted by atomic mass is 9.95. The molecular weight excluding hydrogens is 345 g/mol. The summed E-state index contributed by atoms with van der Waals surface area (Å²) in [5.41, 5.74) is 0.205. The van der Waals surface area contributed by atoms with Crippen molar-refractivity contribution in [3.05, 3.63) is 12.7 Å². The van der Waals surface area contributed by atoms with Gasteiger partial charge in [-0.15, -0.1) is 29.8 Å². The van der Waals surface area contributed by atoms with Crippen LogP contribution in [-0.4, -0.2) is 61.4 Å². The van der Waals surface area contributed by atoms with Crippen molar-refractivity contribution in [3.63, 3.8) is 0 Å². The number of ketones is 1. The number of aliphatic imine (C=N–C) groups is 1. The summed E-state index contributed by atoms with van der Waals surface area (Å²) in [5.74, 6) is -2.35. The first-order valence-electron chi connectivity index (χ1n) is 7.04. The first-order chi connectivity index (χ1) is 10.8. The maximum absolute atomic E-state index is 12.5. The van der Waals surface area contributed by atoms with Gasteiger partial charge in [-0.2, -0.15) is 0 Å². The smallest absolute Gasteiger partial charge is 0.305 e. The molecule has 130 valence electrons. The molecule has 1 saturated carbocycles. The number of nitrogens with zero attached hydrogens (tertiary/aromatic N) is 1. The van der Waals surface area contributed by atoms with E-state index >= 15 is 0 Å². The number of carbonyl (C=O) groups excluding carboxylic acids is 2. The molecule has 0 bridgehead atoms. The summed E-state index contributed by atoms with van der Waals surface area (Å²) in [5, 5.41) is -1.06. The average molecular weight is 366 g/mol. The molecule has 2 atom stereocenters. The fourth-order valence-corrected chi connectivity index (χ4v) is 3.54. The zero-order valence-corrected chi connectivity index (χ0v) is 14.9. The minimum Gasteiger partial charge on any atom is -0.469 e. The molecule has 8 heteroatoms. The number of alkyl halides is 2. The highest BCUT2D eigenvalue weighted by molar-refractivity contribution is 6.56. The molecule has 0 aromatic carbocycles. The van der Waals surface area contributed by atoms with Crippen LogP contribution in [-0.2, 0) is 23.8 Å². The van der Waals surface area contributed by atoms with E-state index in [1.807, 2.05) is 0 Å². The van der Waals surface area contributed by atoms with E-state index in [4.69, 9.17) is 32.7 Å². The van der Waals surface area contributed by atoms with Gasteiger partial charge in [0.25, 0.3) is 0 Å². The van der Waals surface area contributed by atoms with E-state index in [-0.39, 0.29) is 31.1 Å². The Bertz CT molecular complexity index is 504. The zero-order chi connectivity index (χ0) is 17.7. The fourth-order valence-electron chi connectivity index (χ4n) is 2.62. The second-order valence-electron chi connectivity index (χ2n) is 4.99. The molecule has 1 aliphatic carbocycles. The fraction of sp³-hybridized carbons (Fsp3) is 0.667. The summed E-state index contributed by atoms with van der Waals surface area (Å²) < 4.78 is 15.4. The van der Waals surface area contributed by atoms with E-state index in [0.717, 1.165) is 0 Å². The molecule has 0 N–H and O–H groups in total. The second kappa shape index (κ2) is 8.24. The number of carbonyl (C=O) groups is 2. The quantitative estimate of drug-likeness (QED) is 0.216. The number of Topliss-reactive ketones (excluding diaryl/α,β-unsaturated/α-hetero) is 1. The number of hydrogen-bond donors (Lipinski definition) is 0. The van der Waals surface area contributed by atoms with E-state index in [2.05, 4.69) is 16.3 Å². The van der Waals surface area contributed by atoms with Crippen molar-refractivity contribution in [1.29, 1.82) is 0 Å². The maximum atomic E-state index is 12.5. The van der Waals surface area contributed by atoms with Gasteiger partial charge in [-0.1, -0.05) is 6.08 Å². The minimum atomic E-state index is -1.57. The molecule has 0 amide bonds. The van der Waals surface area contributed by atoms with Crippen LogP contribution in [0.15, 0.2) is 17.6 Å². The standard InChI is InChI=1S/C15H21Cl2NO5/c1-5-8-14(17)13(20)11(16)12(15(14,22-3)23-4)18-9-6-7-10(19)21-2/h5,11H,1,6-9H2,2-4H3/t11?,14-/m0/s1. The molecule has 0 heterocycles. The van der Waals surface area contributed by atoms with Gasteiger partial charge in [0, 0.05) is 27.2 Å². The highest BCUT2D eigenvalue weighted by Crippen LogP contribution is 2.47. The summed E-state index contributed by atoms with van der Waals surface area (Å²) in [6, 6.07) is 0. The third-order valence-electron chi connectivity index (χ3n) is 3.77. The van der Waals surface area contributed by atoms with Gasteiger partial charge < -0.3 is 14.2 Å². The third kappa shape index (κ3) is 3.45. The van der Waals surface area contributed by atoms with Crippen LogP contribution in [0.4, 0.5) is 0 Å². The Hall–Kier alpha value is -0.950. The first kappa shape index (κ1) is 20.1. The number of allylic oxidation sites excluding steroid dienone is 1. The lowest BCUT2D eigenvalue weighted by molar-refractivity contribution is -0.174. The molecule has 0 aromatic heterocycles. The molecule has 23 heavy (non-hydrogen) atoms. The lowest BCUT2D eigenvalue weighted by Gasteiger charge is -2.37.